The molecule has 0 fully saturated rings. The lowest BCUT2D eigenvalue weighted by Crippen LogP contribution is -2.09. The molecule has 54 heavy (non-hydrogen) atoms. The highest BCUT2D eigenvalue weighted by Gasteiger charge is 2.14. The number of nitrogens with zero attached hydrogens (tertiary/aromatic N) is 4. The third-order valence-electron chi connectivity index (χ3n) is 9.27. The number of benzene rings is 7. The summed E-state index contributed by atoms with van der Waals surface area (Å²) < 4.78 is 0. The molecule has 0 bridgehead atoms. The zero-order valence-electron chi connectivity index (χ0n) is 30.3. The first-order chi connectivity index (χ1) is 26.5. The second kappa shape index (κ2) is 16.3. The van der Waals surface area contributed by atoms with Crippen LogP contribution < -0.4 is 9.80 Å². The van der Waals surface area contributed by atoms with Crippen molar-refractivity contribution in [3.8, 4) is 6.07 Å². The molecule has 0 saturated heterocycles. The Hall–Kier alpha value is -7.40. The molecule has 0 aliphatic rings. The first kappa shape index (κ1) is 35.0. The molecule has 0 atom stereocenters. The van der Waals surface area contributed by atoms with Gasteiger partial charge in [0, 0.05) is 34.1 Å². The zero-order chi connectivity index (χ0) is 37.3. The standard InChI is InChI=1S/C50H38N4/c1-37-14-26-46(27-15-37)53(44-10-6-4-7-11-44)48-30-20-39(21-31-48)18-24-41-35-50(52-3)42(34-43(41)36-51)25-19-40-22-32-49(33-23-40)54(45-12-8-5-9-13-45)47-28-16-38(2)17-29-47/h4-35H,1-2H3/b24-18+,25-19+. The van der Waals surface area contributed by atoms with Crippen molar-refractivity contribution in [3.63, 3.8) is 0 Å². The highest BCUT2D eigenvalue weighted by Crippen LogP contribution is 2.36. The molecule has 0 amide bonds. The van der Waals surface area contributed by atoms with Gasteiger partial charge in [-0.2, -0.15) is 5.26 Å². The minimum Gasteiger partial charge on any atom is -0.311 e. The van der Waals surface area contributed by atoms with E-state index in [1.807, 2.05) is 60.7 Å². The van der Waals surface area contributed by atoms with Crippen molar-refractivity contribution in [2.24, 2.45) is 0 Å². The van der Waals surface area contributed by atoms with Crippen molar-refractivity contribution in [3.05, 3.63) is 220 Å². The summed E-state index contributed by atoms with van der Waals surface area (Å²) in [6.07, 6.45) is 7.80. The Morgan fingerprint density at radius 2 is 0.833 bits per heavy atom. The van der Waals surface area contributed by atoms with Crippen LogP contribution in [0.5, 0.6) is 0 Å². The van der Waals surface area contributed by atoms with Gasteiger partial charge >= 0.3 is 0 Å². The van der Waals surface area contributed by atoms with Crippen LogP contribution in [0.1, 0.15) is 38.9 Å². The van der Waals surface area contributed by atoms with E-state index in [0.717, 1.165) is 45.3 Å². The predicted molar refractivity (Wildman–Crippen MR) is 227 cm³/mol. The lowest BCUT2D eigenvalue weighted by Gasteiger charge is -2.25. The topological polar surface area (TPSA) is 34.6 Å². The van der Waals surface area contributed by atoms with Crippen molar-refractivity contribution in [2.75, 3.05) is 9.80 Å². The lowest BCUT2D eigenvalue weighted by molar-refractivity contribution is 1.27. The van der Waals surface area contributed by atoms with E-state index in [4.69, 9.17) is 6.57 Å². The summed E-state index contributed by atoms with van der Waals surface area (Å²) >= 11 is 0. The Bertz CT molecular complexity index is 2300. The zero-order valence-corrected chi connectivity index (χ0v) is 30.3. The summed E-state index contributed by atoms with van der Waals surface area (Å²) in [7, 11) is 0. The highest BCUT2D eigenvalue weighted by molar-refractivity contribution is 5.84. The van der Waals surface area contributed by atoms with E-state index >= 15 is 0 Å². The number of para-hydroxylation sites is 2. The molecule has 0 saturated carbocycles. The number of anilines is 6. The quantitative estimate of drug-likeness (QED) is 0.106. The van der Waals surface area contributed by atoms with Crippen molar-refractivity contribution in [1.29, 1.82) is 5.26 Å². The van der Waals surface area contributed by atoms with Crippen LogP contribution in [0.3, 0.4) is 0 Å². The van der Waals surface area contributed by atoms with Crippen molar-refractivity contribution in [1.82, 2.24) is 0 Å². The average molecular weight is 695 g/mol. The second-order valence-corrected chi connectivity index (χ2v) is 13.1. The van der Waals surface area contributed by atoms with Crippen molar-refractivity contribution >= 4 is 64.1 Å². The largest absolute Gasteiger partial charge is 0.311 e. The van der Waals surface area contributed by atoms with Gasteiger partial charge in [0.05, 0.1) is 18.2 Å². The Kier molecular flexibility index (Phi) is 10.6. The van der Waals surface area contributed by atoms with E-state index in [1.54, 1.807) is 12.1 Å². The summed E-state index contributed by atoms with van der Waals surface area (Å²) in [5, 5.41) is 10.1. The molecule has 0 aliphatic heterocycles. The molecular weight excluding hydrogens is 657 g/mol. The lowest BCUT2D eigenvalue weighted by atomic mass is 10.0. The van der Waals surface area contributed by atoms with Gasteiger partial charge in [0.15, 0.2) is 5.69 Å². The third kappa shape index (κ3) is 8.05. The van der Waals surface area contributed by atoms with Crippen LogP contribution in [0.2, 0.25) is 0 Å². The molecule has 0 unspecified atom stereocenters. The summed E-state index contributed by atoms with van der Waals surface area (Å²) in [6, 6.07) is 60.3. The minimum atomic E-state index is 0.489. The Balaban J connectivity index is 1.10. The van der Waals surface area contributed by atoms with Gasteiger partial charge in [0.2, 0.25) is 0 Å². The van der Waals surface area contributed by atoms with Crippen LogP contribution in [-0.2, 0) is 0 Å². The number of aryl methyl sites for hydroxylation is 2. The van der Waals surface area contributed by atoms with Crippen LogP contribution >= 0.6 is 0 Å². The van der Waals surface area contributed by atoms with Crippen LogP contribution in [0, 0.1) is 31.8 Å². The van der Waals surface area contributed by atoms with E-state index in [1.165, 1.54) is 11.1 Å². The first-order valence-electron chi connectivity index (χ1n) is 17.8. The summed E-state index contributed by atoms with van der Waals surface area (Å²) in [4.78, 5) is 8.28. The monoisotopic (exact) mass is 694 g/mol. The van der Waals surface area contributed by atoms with E-state index in [-0.39, 0.29) is 0 Å². The highest BCUT2D eigenvalue weighted by atomic mass is 15.1. The third-order valence-corrected chi connectivity index (χ3v) is 9.27. The smallest absolute Gasteiger partial charge is 0.194 e. The maximum atomic E-state index is 10.1. The fourth-order valence-corrected chi connectivity index (χ4v) is 6.36. The number of hydrogen-bond acceptors (Lipinski definition) is 3. The molecule has 4 nitrogen and oxygen atoms in total. The van der Waals surface area contributed by atoms with Gasteiger partial charge in [-0.05, 0) is 121 Å². The fraction of sp³-hybridized carbons (Fsp3) is 0.0400. The molecule has 0 aromatic heterocycles. The molecule has 7 aromatic carbocycles. The van der Waals surface area contributed by atoms with Crippen LogP contribution in [-0.4, -0.2) is 0 Å². The van der Waals surface area contributed by atoms with Crippen LogP contribution in [0.25, 0.3) is 29.1 Å². The maximum Gasteiger partial charge on any atom is 0.194 e. The van der Waals surface area contributed by atoms with Gasteiger partial charge < -0.3 is 9.80 Å². The Morgan fingerprint density at radius 1 is 0.463 bits per heavy atom. The molecule has 0 spiro atoms. The predicted octanol–water partition coefficient (Wildman–Crippen LogP) is 14.0. The molecular formula is C50H38N4. The van der Waals surface area contributed by atoms with Crippen molar-refractivity contribution in [2.45, 2.75) is 13.8 Å². The second-order valence-electron chi connectivity index (χ2n) is 13.1. The SMILES string of the molecule is [C-]#[N+]c1cc(/C=C/c2ccc(N(c3ccccc3)c3ccc(C)cc3)cc2)c(C#N)cc1/C=C/c1ccc(N(c2ccccc2)c2ccc(C)cc2)cc1. The summed E-state index contributed by atoms with van der Waals surface area (Å²) in [5.74, 6) is 0. The molecule has 7 rings (SSSR count). The molecule has 258 valence electrons. The van der Waals surface area contributed by atoms with Crippen molar-refractivity contribution < 1.29 is 0 Å². The van der Waals surface area contributed by atoms with E-state index in [9.17, 15) is 5.26 Å². The minimum absolute atomic E-state index is 0.489. The molecule has 0 N–H and O–H groups in total. The number of rotatable bonds is 10. The maximum absolute atomic E-state index is 10.1. The van der Waals surface area contributed by atoms with Gasteiger partial charge in [-0.15, -0.1) is 0 Å². The first-order valence-corrected chi connectivity index (χ1v) is 17.8. The molecule has 7 aromatic rings. The van der Waals surface area contributed by atoms with Gasteiger partial charge in [0.25, 0.3) is 0 Å². The fourth-order valence-electron chi connectivity index (χ4n) is 6.36. The summed E-state index contributed by atoms with van der Waals surface area (Å²) in [5.41, 5.74) is 13.2. The molecule has 0 radical (unpaired) electrons. The van der Waals surface area contributed by atoms with Gasteiger partial charge in [-0.1, -0.05) is 120 Å². The molecule has 0 aliphatic carbocycles. The normalized spacial score (nSPS) is 11.0. The van der Waals surface area contributed by atoms with Crippen LogP contribution in [0.4, 0.5) is 39.8 Å². The summed E-state index contributed by atoms with van der Waals surface area (Å²) in [6.45, 7) is 12.1. The van der Waals surface area contributed by atoms with Crippen LogP contribution in [0.15, 0.2) is 170 Å². The van der Waals surface area contributed by atoms with Gasteiger partial charge in [0.1, 0.15) is 0 Å². The van der Waals surface area contributed by atoms with Gasteiger partial charge in [-0.3, -0.25) is 0 Å². The number of hydrogen-bond donors (Lipinski definition) is 0. The van der Waals surface area contributed by atoms with E-state index < -0.39 is 0 Å². The van der Waals surface area contributed by atoms with E-state index in [2.05, 4.69) is 156 Å². The molecule has 0 heterocycles. The van der Waals surface area contributed by atoms with E-state index in [0.29, 0.717) is 22.4 Å². The van der Waals surface area contributed by atoms with Gasteiger partial charge in [-0.25, -0.2) is 4.85 Å². The Labute approximate surface area is 318 Å². The Morgan fingerprint density at radius 3 is 1.22 bits per heavy atom. The molecule has 4 heteroatoms. The average Bonchev–Trinajstić information content (AvgIpc) is 3.22. The number of nitriles is 1.